The van der Waals surface area contributed by atoms with Crippen molar-refractivity contribution in [2.24, 2.45) is 0 Å². The Labute approximate surface area is 143 Å². The van der Waals surface area contributed by atoms with Gasteiger partial charge in [0.2, 0.25) is 0 Å². The molecule has 0 aliphatic carbocycles. The summed E-state index contributed by atoms with van der Waals surface area (Å²) in [6.45, 7) is 2.65. The van der Waals surface area contributed by atoms with E-state index in [0.29, 0.717) is 6.54 Å². The second-order valence-electron chi connectivity index (χ2n) is 5.61. The molecule has 2 rings (SSSR count). The van der Waals surface area contributed by atoms with Gasteiger partial charge in [-0.25, -0.2) is 0 Å². The predicted molar refractivity (Wildman–Crippen MR) is 97.2 cm³/mol. The van der Waals surface area contributed by atoms with Gasteiger partial charge in [-0.3, -0.25) is 4.79 Å². The molecule has 1 N–H and O–H groups in total. The first-order valence-electron chi connectivity index (χ1n) is 8.25. The fourth-order valence-corrected chi connectivity index (χ4v) is 2.40. The summed E-state index contributed by atoms with van der Waals surface area (Å²) in [6, 6.07) is 20.0. The molecule has 3 nitrogen and oxygen atoms in total. The van der Waals surface area contributed by atoms with Crippen LogP contribution in [-0.2, 0) is 17.6 Å². The van der Waals surface area contributed by atoms with Crippen molar-refractivity contribution < 1.29 is 4.79 Å². The molecule has 0 saturated carbocycles. The Morgan fingerprint density at radius 2 is 1.79 bits per heavy atom. The minimum Gasteiger partial charge on any atom is -0.351 e. The standard InChI is InChI=1S/C21H22N2O/c1-2-17-10-12-19(13-11-17)15-20(16-22)21(24)23-14-6-9-18-7-4-3-5-8-18/h3-5,7-8,10-13,15H,2,6,9,14H2,1H3,(H,23,24)/b20-15-. The third-order valence-corrected chi connectivity index (χ3v) is 3.83. The summed E-state index contributed by atoms with van der Waals surface area (Å²) in [5.41, 5.74) is 3.48. The minimum absolute atomic E-state index is 0.138. The molecule has 0 unspecified atom stereocenters. The summed E-state index contributed by atoms with van der Waals surface area (Å²) in [4.78, 5) is 12.1. The fraction of sp³-hybridized carbons (Fsp3) is 0.238. The van der Waals surface area contributed by atoms with E-state index in [1.807, 2.05) is 48.5 Å². The zero-order chi connectivity index (χ0) is 17.2. The number of hydrogen-bond donors (Lipinski definition) is 1. The van der Waals surface area contributed by atoms with Gasteiger partial charge < -0.3 is 5.32 Å². The van der Waals surface area contributed by atoms with Gasteiger partial charge in [0, 0.05) is 6.54 Å². The number of aryl methyl sites for hydroxylation is 2. The predicted octanol–water partition coefficient (Wildman–Crippen LogP) is 3.90. The van der Waals surface area contributed by atoms with Crippen LogP contribution in [0.1, 0.15) is 30.0 Å². The molecule has 2 aromatic carbocycles. The van der Waals surface area contributed by atoms with E-state index < -0.39 is 0 Å². The van der Waals surface area contributed by atoms with Crippen molar-refractivity contribution in [3.8, 4) is 6.07 Å². The topological polar surface area (TPSA) is 52.9 Å². The largest absolute Gasteiger partial charge is 0.351 e. The van der Waals surface area contributed by atoms with Crippen LogP contribution in [0.15, 0.2) is 60.2 Å². The smallest absolute Gasteiger partial charge is 0.261 e. The van der Waals surface area contributed by atoms with Crippen molar-refractivity contribution >= 4 is 12.0 Å². The highest BCUT2D eigenvalue weighted by Gasteiger charge is 2.08. The van der Waals surface area contributed by atoms with Crippen LogP contribution in [0.4, 0.5) is 0 Å². The van der Waals surface area contributed by atoms with Crippen LogP contribution in [0.5, 0.6) is 0 Å². The molecule has 0 radical (unpaired) electrons. The summed E-state index contributed by atoms with van der Waals surface area (Å²) in [7, 11) is 0. The average Bonchev–Trinajstić information content (AvgIpc) is 2.64. The summed E-state index contributed by atoms with van der Waals surface area (Å²) < 4.78 is 0. The monoisotopic (exact) mass is 318 g/mol. The zero-order valence-electron chi connectivity index (χ0n) is 14.0. The van der Waals surface area contributed by atoms with Crippen LogP contribution in [-0.4, -0.2) is 12.5 Å². The number of benzene rings is 2. The third-order valence-electron chi connectivity index (χ3n) is 3.83. The van der Waals surface area contributed by atoms with Crippen molar-refractivity contribution in [2.45, 2.75) is 26.2 Å². The molecule has 0 bridgehead atoms. The van der Waals surface area contributed by atoms with Crippen molar-refractivity contribution in [3.63, 3.8) is 0 Å². The fourth-order valence-electron chi connectivity index (χ4n) is 2.40. The van der Waals surface area contributed by atoms with Gasteiger partial charge in [-0.2, -0.15) is 5.26 Å². The van der Waals surface area contributed by atoms with E-state index in [-0.39, 0.29) is 11.5 Å². The van der Waals surface area contributed by atoms with E-state index >= 15 is 0 Å². The van der Waals surface area contributed by atoms with E-state index in [1.165, 1.54) is 11.1 Å². The SMILES string of the molecule is CCc1ccc(/C=C(/C#N)C(=O)NCCCc2ccccc2)cc1. The van der Waals surface area contributed by atoms with Gasteiger partial charge in [-0.05, 0) is 42.0 Å². The summed E-state index contributed by atoms with van der Waals surface area (Å²) >= 11 is 0. The van der Waals surface area contributed by atoms with Crippen LogP contribution in [0, 0.1) is 11.3 Å². The summed E-state index contributed by atoms with van der Waals surface area (Å²) in [5, 5.41) is 12.0. The summed E-state index contributed by atoms with van der Waals surface area (Å²) in [5.74, 6) is -0.315. The van der Waals surface area contributed by atoms with Crippen molar-refractivity contribution in [1.29, 1.82) is 5.26 Å². The molecule has 122 valence electrons. The number of rotatable bonds is 7. The highest BCUT2D eigenvalue weighted by atomic mass is 16.1. The molecule has 3 heteroatoms. The normalized spacial score (nSPS) is 10.9. The summed E-state index contributed by atoms with van der Waals surface area (Å²) in [6.07, 6.45) is 4.35. The van der Waals surface area contributed by atoms with E-state index in [9.17, 15) is 10.1 Å². The van der Waals surface area contributed by atoms with E-state index in [2.05, 4.69) is 24.4 Å². The Balaban J connectivity index is 1.86. The molecule has 1 amide bonds. The van der Waals surface area contributed by atoms with Gasteiger partial charge in [-0.15, -0.1) is 0 Å². The van der Waals surface area contributed by atoms with Gasteiger partial charge in [0.1, 0.15) is 11.6 Å². The molecular weight excluding hydrogens is 296 g/mol. The number of nitriles is 1. The van der Waals surface area contributed by atoms with Crippen LogP contribution in [0.25, 0.3) is 6.08 Å². The number of amides is 1. The first kappa shape index (κ1) is 17.5. The first-order chi connectivity index (χ1) is 11.7. The first-order valence-corrected chi connectivity index (χ1v) is 8.25. The zero-order valence-corrected chi connectivity index (χ0v) is 14.0. The second-order valence-corrected chi connectivity index (χ2v) is 5.61. The average molecular weight is 318 g/mol. The minimum atomic E-state index is -0.315. The van der Waals surface area contributed by atoms with Crippen LogP contribution in [0.2, 0.25) is 0 Å². The maximum absolute atomic E-state index is 12.1. The number of carbonyl (C=O) groups excluding carboxylic acids is 1. The number of nitrogens with one attached hydrogen (secondary N) is 1. The maximum atomic E-state index is 12.1. The molecular formula is C21H22N2O. The van der Waals surface area contributed by atoms with Gasteiger partial charge in [0.25, 0.3) is 5.91 Å². The number of nitrogens with zero attached hydrogens (tertiary/aromatic N) is 1. The van der Waals surface area contributed by atoms with Crippen LogP contribution >= 0.6 is 0 Å². The molecule has 0 aliphatic rings. The van der Waals surface area contributed by atoms with Crippen molar-refractivity contribution in [1.82, 2.24) is 5.32 Å². The quantitative estimate of drug-likeness (QED) is 0.478. The Morgan fingerprint density at radius 3 is 2.42 bits per heavy atom. The van der Waals surface area contributed by atoms with Gasteiger partial charge >= 0.3 is 0 Å². The van der Waals surface area contributed by atoms with E-state index in [0.717, 1.165) is 24.8 Å². The lowest BCUT2D eigenvalue weighted by atomic mass is 10.1. The molecule has 0 fully saturated rings. The number of hydrogen-bond acceptors (Lipinski definition) is 2. The van der Waals surface area contributed by atoms with Crippen LogP contribution < -0.4 is 5.32 Å². The lowest BCUT2D eigenvalue weighted by Crippen LogP contribution is -2.25. The van der Waals surface area contributed by atoms with Gasteiger partial charge in [0.05, 0.1) is 0 Å². The Hall–Kier alpha value is -2.86. The van der Waals surface area contributed by atoms with E-state index in [1.54, 1.807) is 6.08 Å². The molecule has 0 saturated heterocycles. The highest BCUT2D eigenvalue weighted by Crippen LogP contribution is 2.10. The van der Waals surface area contributed by atoms with Gasteiger partial charge in [-0.1, -0.05) is 61.5 Å². The lowest BCUT2D eigenvalue weighted by molar-refractivity contribution is -0.117. The maximum Gasteiger partial charge on any atom is 0.261 e. The molecule has 2 aromatic rings. The highest BCUT2D eigenvalue weighted by molar-refractivity contribution is 6.01. The van der Waals surface area contributed by atoms with E-state index in [4.69, 9.17) is 0 Å². The number of carbonyl (C=O) groups is 1. The third kappa shape index (κ3) is 5.40. The lowest BCUT2D eigenvalue weighted by Gasteiger charge is -2.05. The Morgan fingerprint density at radius 1 is 1.08 bits per heavy atom. The van der Waals surface area contributed by atoms with Gasteiger partial charge in [0.15, 0.2) is 0 Å². The molecule has 0 spiro atoms. The van der Waals surface area contributed by atoms with Crippen molar-refractivity contribution in [2.75, 3.05) is 6.54 Å². The molecule has 24 heavy (non-hydrogen) atoms. The Kier molecular flexibility index (Phi) is 6.79. The van der Waals surface area contributed by atoms with Crippen molar-refractivity contribution in [3.05, 3.63) is 76.9 Å². The second kappa shape index (κ2) is 9.32. The molecule has 0 aromatic heterocycles. The van der Waals surface area contributed by atoms with Crippen LogP contribution in [0.3, 0.4) is 0 Å². The molecule has 0 atom stereocenters. The molecule has 0 aliphatic heterocycles. The molecule has 0 heterocycles. The Bertz CT molecular complexity index is 725.